The van der Waals surface area contributed by atoms with Gasteiger partial charge < -0.3 is 10.6 Å². The van der Waals surface area contributed by atoms with E-state index >= 15 is 0 Å². The molecule has 1 aliphatic rings. The molecule has 0 aromatic rings. The minimum Gasteiger partial charge on any atom is -0.355 e. The van der Waals surface area contributed by atoms with Gasteiger partial charge in [-0.15, -0.1) is 0 Å². The lowest BCUT2D eigenvalue weighted by Crippen LogP contribution is -2.38. The van der Waals surface area contributed by atoms with E-state index in [1.807, 2.05) is 0 Å². The third-order valence-corrected chi connectivity index (χ3v) is 3.69. The molecule has 0 unspecified atom stereocenters. The molecule has 1 amide bonds. The van der Waals surface area contributed by atoms with E-state index in [4.69, 9.17) is 5.14 Å². The van der Waals surface area contributed by atoms with Crippen molar-refractivity contribution in [3.63, 3.8) is 0 Å². The van der Waals surface area contributed by atoms with Crippen LogP contribution in [0.2, 0.25) is 0 Å². The van der Waals surface area contributed by atoms with Crippen LogP contribution in [0, 0.1) is 0 Å². The monoisotopic (exact) mass is 263 g/mol. The first-order chi connectivity index (χ1) is 7.97. The first-order valence-corrected chi connectivity index (χ1v) is 7.69. The molecule has 0 spiro atoms. The van der Waals surface area contributed by atoms with Crippen molar-refractivity contribution in [3.8, 4) is 0 Å². The van der Waals surface area contributed by atoms with Gasteiger partial charge in [-0.2, -0.15) is 0 Å². The third kappa shape index (κ3) is 7.30. The van der Waals surface area contributed by atoms with Crippen molar-refractivity contribution >= 4 is 15.9 Å². The number of primary sulfonamides is 1. The quantitative estimate of drug-likeness (QED) is 0.529. The minimum atomic E-state index is -3.41. The molecule has 7 heteroatoms. The Morgan fingerprint density at radius 3 is 2.53 bits per heavy atom. The predicted molar refractivity (Wildman–Crippen MR) is 65.9 cm³/mol. The van der Waals surface area contributed by atoms with E-state index in [2.05, 4.69) is 10.6 Å². The fraction of sp³-hybridized carbons (Fsp3) is 0.900. The molecule has 0 bridgehead atoms. The van der Waals surface area contributed by atoms with Crippen LogP contribution in [0.15, 0.2) is 0 Å². The summed E-state index contributed by atoms with van der Waals surface area (Å²) in [5.74, 6) is -0.185. The summed E-state index contributed by atoms with van der Waals surface area (Å²) in [5.41, 5.74) is 0. The molecule has 0 radical (unpaired) electrons. The van der Waals surface area contributed by atoms with Crippen molar-refractivity contribution in [1.82, 2.24) is 10.6 Å². The SMILES string of the molecule is NS(=O)(=O)CCCNC(=O)CNC1CCCC1. The highest BCUT2D eigenvalue weighted by atomic mass is 32.2. The number of sulfonamides is 1. The van der Waals surface area contributed by atoms with Crippen molar-refractivity contribution in [2.45, 2.75) is 38.1 Å². The average Bonchev–Trinajstić information content (AvgIpc) is 2.73. The molecule has 1 rings (SSSR count). The van der Waals surface area contributed by atoms with Crippen LogP contribution in [0.1, 0.15) is 32.1 Å². The maximum atomic E-state index is 11.4. The summed E-state index contributed by atoms with van der Waals surface area (Å²) in [7, 11) is -3.41. The summed E-state index contributed by atoms with van der Waals surface area (Å²) in [6.07, 6.45) is 5.09. The molecule has 1 saturated carbocycles. The molecular formula is C10H21N3O3S. The Hall–Kier alpha value is -0.660. The van der Waals surface area contributed by atoms with E-state index in [1.165, 1.54) is 12.8 Å². The van der Waals surface area contributed by atoms with Gasteiger partial charge in [-0.25, -0.2) is 13.6 Å². The molecule has 6 nitrogen and oxygen atoms in total. The molecule has 1 aliphatic carbocycles. The lowest BCUT2D eigenvalue weighted by atomic mass is 10.2. The van der Waals surface area contributed by atoms with Gasteiger partial charge in [0, 0.05) is 12.6 Å². The number of carbonyl (C=O) groups is 1. The third-order valence-electron chi connectivity index (χ3n) is 2.83. The van der Waals surface area contributed by atoms with Crippen LogP contribution in [-0.2, 0) is 14.8 Å². The number of amides is 1. The molecule has 0 heterocycles. The Bertz CT molecular complexity index is 337. The first-order valence-electron chi connectivity index (χ1n) is 5.98. The Balaban J connectivity index is 2.01. The van der Waals surface area contributed by atoms with E-state index < -0.39 is 10.0 Å². The molecule has 0 aromatic carbocycles. The van der Waals surface area contributed by atoms with Gasteiger partial charge in [0.05, 0.1) is 12.3 Å². The highest BCUT2D eigenvalue weighted by molar-refractivity contribution is 7.89. The summed E-state index contributed by atoms with van der Waals surface area (Å²) in [4.78, 5) is 11.4. The summed E-state index contributed by atoms with van der Waals surface area (Å²) in [5, 5.41) is 10.7. The second kappa shape index (κ2) is 6.93. The molecule has 0 aliphatic heterocycles. The van der Waals surface area contributed by atoms with Crippen LogP contribution in [0.25, 0.3) is 0 Å². The molecule has 17 heavy (non-hydrogen) atoms. The van der Waals surface area contributed by atoms with Gasteiger partial charge in [-0.3, -0.25) is 4.79 Å². The normalized spacial score (nSPS) is 17.2. The number of carbonyl (C=O) groups excluding carboxylic acids is 1. The highest BCUT2D eigenvalue weighted by Gasteiger charge is 2.14. The standard InChI is InChI=1S/C10H21N3O3S/c11-17(15,16)7-3-6-12-10(14)8-13-9-4-1-2-5-9/h9,13H,1-8H2,(H,12,14)(H2,11,15,16). The van der Waals surface area contributed by atoms with Gasteiger partial charge >= 0.3 is 0 Å². The number of hydrogen-bond donors (Lipinski definition) is 3. The fourth-order valence-corrected chi connectivity index (χ4v) is 2.48. The van der Waals surface area contributed by atoms with Crippen LogP contribution >= 0.6 is 0 Å². The lowest BCUT2D eigenvalue weighted by molar-refractivity contribution is -0.120. The van der Waals surface area contributed by atoms with Crippen LogP contribution in [-0.4, -0.2) is 39.2 Å². The first kappa shape index (κ1) is 14.4. The lowest BCUT2D eigenvalue weighted by Gasteiger charge is -2.11. The maximum Gasteiger partial charge on any atom is 0.233 e. The zero-order chi connectivity index (χ0) is 12.7. The van der Waals surface area contributed by atoms with Crippen molar-refractivity contribution < 1.29 is 13.2 Å². The van der Waals surface area contributed by atoms with Gasteiger partial charge in [-0.1, -0.05) is 12.8 Å². The number of hydrogen-bond acceptors (Lipinski definition) is 4. The molecule has 0 saturated heterocycles. The Morgan fingerprint density at radius 2 is 1.94 bits per heavy atom. The average molecular weight is 263 g/mol. The smallest absolute Gasteiger partial charge is 0.233 e. The molecule has 0 atom stereocenters. The topological polar surface area (TPSA) is 101 Å². The summed E-state index contributed by atoms with van der Waals surface area (Å²) in [6.45, 7) is 0.654. The molecular weight excluding hydrogens is 242 g/mol. The van der Waals surface area contributed by atoms with Crippen molar-refractivity contribution in [1.29, 1.82) is 0 Å². The Labute approximate surface area is 102 Å². The predicted octanol–water partition coefficient (Wildman–Crippen LogP) is -0.687. The van der Waals surface area contributed by atoms with Crippen molar-refractivity contribution in [2.75, 3.05) is 18.8 Å². The second-order valence-electron chi connectivity index (χ2n) is 4.43. The van der Waals surface area contributed by atoms with Crippen LogP contribution in [0.3, 0.4) is 0 Å². The second-order valence-corrected chi connectivity index (χ2v) is 6.17. The van der Waals surface area contributed by atoms with E-state index in [1.54, 1.807) is 0 Å². The molecule has 1 fully saturated rings. The van der Waals surface area contributed by atoms with Crippen molar-refractivity contribution in [3.05, 3.63) is 0 Å². The van der Waals surface area contributed by atoms with E-state index in [0.717, 1.165) is 12.8 Å². The summed E-state index contributed by atoms with van der Waals surface area (Å²) >= 11 is 0. The van der Waals surface area contributed by atoms with Crippen LogP contribution in [0.4, 0.5) is 0 Å². The van der Waals surface area contributed by atoms with Crippen LogP contribution < -0.4 is 15.8 Å². The van der Waals surface area contributed by atoms with Gasteiger partial charge in [0.1, 0.15) is 0 Å². The van der Waals surface area contributed by atoms with Gasteiger partial charge in [0.15, 0.2) is 0 Å². The minimum absolute atomic E-state index is 0.0914. The zero-order valence-corrected chi connectivity index (χ0v) is 10.8. The molecule has 4 N–H and O–H groups in total. The maximum absolute atomic E-state index is 11.4. The van der Waals surface area contributed by atoms with Gasteiger partial charge in [0.2, 0.25) is 15.9 Å². The van der Waals surface area contributed by atoms with E-state index in [9.17, 15) is 13.2 Å². The number of nitrogens with one attached hydrogen (secondary N) is 2. The molecule has 0 aromatic heterocycles. The highest BCUT2D eigenvalue weighted by Crippen LogP contribution is 2.17. The number of nitrogens with two attached hydrogens (primary N) is 1. The zero-order valence-electron chi connectivity index (χ0n) is 9.94. The van der Waals surface area contributed by atoms with E-state index in [-0.39, 0.29) is 11.7 Å². The van der Waals surface area contributed by atoms with E-state index in [0.29, 0.717) is 25.6 Å². The van der Waals surface area contributed by atoms with Gasteiger partial charge in [0.25, 0.3) is 0 Å². The fourth-order valence-electron chi connectivity index (χ4n) is 1.93. The van der Waals surface area contributed by atoms with Crippen molar-refractivity contribution in [2.24, 2.45) is 5.14 Å². The largest absolute Gasteiger partial charge is 0.355 e. The van der Waals surface area contributed by atoms with Crippen LogP contribution in [0.5, 0.6) is 0 Å². The summed E-state index contributed by atoms with van der Waals surface area (Å²) < 4.78 is 21.3. The van der Waals surface area contributed by atoms with Gasteiger partial charge in [-0.05, 0) is 19.3 Å². The summed E-state index contributed by atoms with van der Waals surface area (Å²) in [6, 6.07) is 0.463. The number of rotatable bonds is 7. The molecule has 100 valence electrons. The Morgan fingerprint density at radius 1 is 1.29 bits per heavy atom. The Kier molecular flexibility index (Phi) is 5.87.